The fraction of sp³-hybridized carbons (Fsp3) is 0.520. The van der Waals surface area contributed by atoms with Gasteiger partial charge in [0.1, 0.15) is 11.5 Å². The molecule has 0 amide bonds. The van der Waals surface area contributed by atoms with Gasteiger partial charge in [-0.05, 0) is 57.1 Å². The number of hydrogen-bond donors (Lipinski definition) is 1. The van der Waals surface area contributed by atoms with Crippen LogP contribution in [0.1, 0.15) is 57.4 Å². The molecule has 3 fully saturated rings. The van der Waals surface area contributed by atoms with E-state index in [-0.39, 0.29) is 17.0 Å². The minimum atomic E-state index is -0.670. The summed E-state index contributed by atoms with van der Waals surface area (Å²) in [6.07, 6.45) is 5.71. The number of carboxylic acids is 1. The molecule has 3 saturated carbocycles. The second-order valence-corrected chi connectivity index (χ2v) is 9.54. The summed E-state index contributed by atoms with van der Waals surface area (Å²) in [5, 5.41) is 9.70. The molecule has 0 atom stereocenters. The Morgan fingerprint density at radius 1 is 1.15 bits per heavy atom. The summed E-state index contributed by atoms with van der Waals surface area (Å²) >= 11 is 0. The van der Waals surface area contributed by atoms with Crippen LogP contribution < -0.4 is 15.0 Å². The Morgan fingerprint density at radius 2 is 1.85 bits per heavy atom. The molecule has 33 heavy (non-hydrogen) atoms. The second kappa shape index (κ2) is 8.01. The molecule has 0 radical (unpaired) electrons. The summed E-state index contributed by atoms with van der Waals surface area (Å²) in [5.74, 6) is 0.965. The number of nitrogens with zero attached hydrogens (tertiary/aromatic N) is 3. The third-order valence-electron chi connectivity index (χ3n) is 7.80. The maximum atomic E-state index is 13.4. The van der Waals surface area contributed by atoms with Crippen LogP contribution in [0.3, 0.4) is 0 Å². The summed E-state index contributed by atoms with van der Waals surface area (Å²) in [4.78, 5) is 34.7. The van der Waals surface area contributed by atoms with E-state index in [1.165, 1.54) is 0 Å². The lowest BCUT2D eigenvalue weighted by molar-refractivity contribution is -0.156. The highest BCUT2D eigenvalue weighted by molar-refractivity contribution is 5.98. The van der Waals surface area contributed by atoms with Gasteiger partial charge >= 0.3 is 12.0 Å². The van der Waals surface area contributed by atoms with E-state index in [9.17, 15) is 14.7 Å². The molecule has 0 saturated heterocycles. The van der Waals surface area contributed by atoms with Crippen molar-refractivity contribution in [3.05, 3.63) is 40.2 Å². The maximum Gasteiger partial charge on any atom is 0.309 e. The second-order valence-electron chi connectivity index (χ2n) is 9.54. The van der Waals surface area contributed by atoms with Crippen molar-refractivity contribution in [2.45, 2.75) is 64.8 Å². The third-order valence-corrected chi connectivity index (χ3v) is 7.80. The molecule has 3 aliphatic carbocycles. The number of carboxylic acid groups (broad SMARTS) is 1. The van der Waals surface area contributed by atoms with Crippen LogP contribution in [0, 0.1) is 10.8 Å². The van der Waals surface area contributed by atoms with Crippen LogP contribution in [0.15, 0.2) is 34.1 Å². The summed E-state index contributed by atoms with van der Waals surface area (Å²) in [7, 11) is 1.59. The molecule has 2 heterocycles. The average molecular weight is 452 g/mol. The number of methoxy groups -OCH3 is 1. The molecule has 4 aliphatic rings. The number of aromatic nitrogens is 2. The van der Waals surface area contributed by atoms with E-state index in [2.05, 4.69) is 4.98 Å². The van der Waals surface area contributed by atoms with Crippen LogP contribution in [0.2, 0.25) is 0 Å². The van der Waals surface area contributed by atoms with E-state index in [0.717, 1.165) is 31.4 Å². The lowest BCUT2D eigenvalue weighted by atomic mass is 9.52. The first kappa shape index (κ1) is 21.7. The van der Waals surface area contributed by atoms with E-state index < -0.39 is 11.4 Å². The monoisotopic (exact) mass is 451 g/mol. The Balaban J connectivity index is 1.48. The first-order valence-electron chi connectivity index (χ1n) is 11.7. The Bertz CT molecular complexity index is 1170. The average Bonchev–Trinajstić information content (AvgIpc) is 3.28. The molecule has 2 aromatic rings. The lowest BCUT2D eigenvalue weighted by Gasteiger charge is -2.51. The summed E-state index contributed by atoms with van der Waals surface area (Å²) in [5.41, 5.74) is 0.806. The predicted octanol–water partition coefficient (Wildman–Crippen LogP) is 4.51. The first-order chi connectivity index (χ1) is 15.9. The molecule has 2 bridgehead atoms. The zero-order valence-electron chi connectivity index (χ0n) is 19.1. The Morgan fingerprint density at radius 3 is 2.48 bits per heavy atom. The number of aliphatic carboxylic acids is 1. The van der Waals surface area contributed by atoms with Crippen molar-refractivity contribution in [1.29, 1.82) is 0 Å². The molecule has 8 heteroatoms. The van der Waals surface area contributed by atoms with Crippen molar-refractivity contribution in [3.63, 3.8) is 0 Å². The van der Waals surface area contributed by atoms with Gasteiger partial charge in [0.15, 0.2) is 5.82 Å². The molecule has 0 unspecified atom stereocenters. The summed E-state index contributed by atoms with van der Waals surface area (Å²) in [6, 6.07) is 7.43. The molecule has 6 rings (SSSR count). The number of aliphatic imine (C=N–C) groups is 1. The van der Waals surface area contributed by atoms with E-state index in [4.69, 9.17) is 14.5 Å². The molecule has 1 aromatic carbocycles. The van der Waals surface area contributed by atoms with Crippen LogP contribution in [0.5, 0.6) is 17.5 Å². The van der Waals surface area contributed by atoms with Crippen molar-refractivity contribution >= 4 is 17.5 Å². The topological polar surface area (TPSA) is 103 Å². The molecule has 1 aromatic heterocycles. The fourth-order valence-corrected chi connectivity index (χ4v) is 5.66. The number of rotatable bonds is 7. The maximum absolute atomic E-state index is 13.4. The number of carbonyl (C=O) groups is 1. The van der Waals surface area contributed by atoms with Crippen molar-refractivity contribution in [2.24, 2.45) is 15.8 Å². The minimum absolute atomic E-state index is 0.110. The van der Waals surface area contributed by atoms with Crippen molar-refractivity contribution < 1.29 is 19.4 Å². The van der Waals surface area contributed by atoms with Crippen LogP contribution in [-0.4, -0.2) is 33.4 Å². The number of hydrogen-bond acceptors (Lipinski definition) is 6. The Hall–Kier alpha value is -3.16. The van der Waals surface area contributed by atoms with Gasteiger partial charge in [-0.1, -0.05) is 13.0 Å². The standard InChI is InChI=1S/C25H29N3O5/c1-3-13-28-21(29)18-15-19(24-7-10-25(11-8-24,12-9-24)22(30)31)26-20(18)27-23(28)33-17-6-4-5-16(14-17)32-2/h4-6,14H,3,7-13,15H2,1-2H3,(H,30,31). The SMILES string of the molecule is CCCn1c(Oc2cccc(OC)c2)nc2c(c1=O)CC(C13CCC(C(=O)O)(CC1)CC3)=N2. The smallest absolute Gasteiger partial charge is 0.309 e. The van der Waals surface area contributed by atoms with Gasteiger partial charge in [-0.25, -0.2) is 4.99 Å². The van der Waals surface area contributed by atoms with Crippen molar-refractivity contribution in [1.82, 2.24) is 9.55 Å². The van der Waals surface area contributed by atoms with Gasteiger partial charge in [-0.15, -0.1) is 0 Å². The molecular weight excluding hydrogens is 422 g/mol. The Kier molecular flexibility index (Phi) is 5.26. The van der Waals surface area contributed by atoms with Gasteiger partial charge in [0.25, 0.3) is 5.56 Å². The summed E-state index contributed by atoms with van der Waals surface area (Å²) < 4.78 is 12.9. The van der Waals surface area contributed by atoms with Crippen molar-refractivity contribution in [2.75, 3.05) is 7.11 Å². The van der Waals surface area contributed by atoms with Gasteiger partial charge in [0.05, 0.1) is 18.1 Å². The molecular formula is C25H29N3O5. The quantitative estimate of drug-likeness (QED) is 0.664. The molecule has 174 valence electrons. The normalized spacial score (nSPS) is 25.5. The predicted molar refractivity (Wildman–Crippen MR) is 123 cm³/mol. The zero-order chi connectivity index (χ0) is 23.2. The van der Waals surface area contributed by atoms with Crippen LogP contribution in [0.4, 0.5) is 5.82 Å². The molecule has 1 aliphatic heterocycles. The van der Waals surface area contributed by atoms with E-state index in [0.29, 0.717) is 55.1 Å². The zero-order valence-corrected chi connectivity index (χ0v) is 19.1. The van der Waals surface area contributed by atoms with Crippen LogP contribution in [-0.2, 0) is 17.8 Å². The van der Waals surface area contributed by atoms with Crippen LogP contribution >= 0.6 is 0 Å². The molecule has 0 spiro atoms. The van der Waals surface area contributed by atoms with E-state index in [1.54, 1.807) is 23.8 Å². The van der Waals surface area contributed by atoms with Gasteiger partial charge < -0.3 is 14.6 Å². The van der Waals surface area contributed by atoms with Gasteiger partial charge in [-0.3, -0.25) is 14.2 Å². The third kappa shape index (κ3) is 3.52. The van der Waals surface area contributed by atoms with Gasteiger partial charge in [0.2, 0.25) is 0 Å². The first-order valence-corrected chi connectivity index (χ1v) is 11.7. The number of benzene rings is 1. The van der Waals surface area contributed by atoms with Crippen molar-refractivity contribution in [3.8, 4) is 17.5 Å². The lowest BCUT2D eigenvalue weighted by Crippen LogP contribution is -2.49. The fourth-order valence-electron chi connectivity index (χ4n) is 5.66. The number of fused-ring (bicyclic) bond motifs is 4. The highest BCUT2D eigenvalue weighted by atomic mass is 16.5. The largest absolute Gasteiger partial charge is 0.497 e. The van der Waals surface area contributed by atoms with E-state index in [1.807, 2.05) is 19.1 Å². The number of ether oxygens (including phenoxy) is 2. The van der Waals surface area contributed by atoms with E-state index >= 15 is 0 Å². The molecule has 8 nitrogen and oxygen atoms in total. The summed E-state index contributed by atoms with van der Waals surface area (Å²) in [6.45, 7) is 2.51. The highest BCUT2D eigenvalue weighted by Gasteiger charge is 2.55. The highest BCUT2D eigenvalue weighted by Crippen LogP contribution is 2.58. The van der Waals surface area contributed by atoms with Crippen LogP contribution in [0.25, 0.3) is 0 Å². The minimum Gasteiger partial charge on any atom is -0.497 e. The van der Waals surface area contributed by atoms with Gasteiger partial charge in [0, 0.05) is 30.2 Å². The van der Waals surface area contributed by atoms with Gasteiger partial charge in [-0.2, -0.15) is 4.98 Å². The Labute approximate surface area is 192 Å². The molecule has 1 N–H and O–H groups in total.